The van der Waals surface area contributed by atoms with Gasteiger partial charge in [-0.15, -0.1) is 0 Å². The fraction of sp³-hybridized carbons (Fsp3) is 0.263. The molecule has 2 aromatic rings. The molecule has 0 radical (unpaired) electrons. The number of anilines is 2. The number of carbonyl (C=O) groups is 2. The molecule has 0 aliphatic carbocycles. The third kappa shape index (κ3) is 6.41. The molecule has 0 atom stereocenters. The number of sulfonamides is 1. The van der Waals surface area contributed by atoms with E-state index in [-0.39, 0.29) is 12.5 Å². The zero-order valence-corrected chi connectivity index (χ0v) is 16.3. The van der Waals surface area contributed by atoms with Crippen LogP contribution in [0.1, 0.15) is 18.1 Å². The van der Waals surface area contributed by atoms with Crippen LogP contribution >= 0.6 is 0 Å². The van der Waals surface area contributed by atoms with Gasteiger partial charge in [-0.3, -0.25) is 13.9 Å². The highest BCUT2D eigenvalue weighted by Gasteiger charge is 2.20. The molecule has 2 amide bonds. The van der Waals surface area contributed by atoms with Gasteiger partial charge in [0.15, 0.2) is 0 Å². The molecular formula is C19H23N3O4S. The van der Waals surface area contributed by atoms with Gasteiger partial charge in [0.25, 0.3) is 0 Å². The Kier molecular flexibility index (Phi) is 6.57. The van der Waals surface area contributed by atoms with Crippen molar-refractivity contribution in [1.82, 2.24) is 5.32 Å². The van der Waals surface area contributed by atoms with E-state index in [0.717, 1.165) is 21.7 Å². The largest absolute Gasteiger partial charge is 0.350 e. The number of hydrogen-bond donors (Lipinski definition) is 2. The second-order valence-electron chi connectivity index (χ2n) is 6.26. The third-order valence-electron chi connectivity index (χ3n) is 3.74. The molecular weight excluding hydrogens is 366 g/mol. The molecule has 0 aliphatic rings. The van der Waals surface area contributed by atoms with E-state index < -0.39 is 15.9 Å². The second-order valence-corrected chi connectivity index (χ2v) is 8.17. The van der Waals surface area contributed by atoms with Gasteiger partial charge in [0.05, 0.1) is 11.9 Å². The van der Waals surface area contributed by atoms with Crippen LogP contribution in [0.2, 0.25) is 0 Å². The van der Waals surface area contributed by atoms with Crippen molar-refractivity contribution < 1.29 is 18.0 Å². The van der Waals surface area contributed by atoms with Crippen molar-refractivity contribution in [2.75, 3.05) is 22.4 Å². The number of nitrogens with one attached hydrogen (secondary N) is 2. The summed E-state index contributed by atoms with van der Waals surface area (Å²) < 4.78 is 25.3. The summed E-state index contributed by atoms with van der Waals surface area (Å²) in [6.07, 6.45) is 1.04. The molecule has 0 bridgehead atoms. The van der Waals surface area contributed by atoms with Crippen LogP contribution in [-0.2, 0) is 26.2 Å². The monoisotopic (exact) mass is 389 g/mol. The van der Waals surface area contributed by atoms with Gasteiger partial charge in [-0.25, -0.2) is 8.42 Å². The first-order valence-corrected chi connectivity index (χ1v) is 10.2. The first kappa shape index (κ1) is 20.4. The SMILES string of the molecule is CC(=O)Nc1ccc(N(CC(=O)NCc2cccc(C)c2)S(C)(=O)=O)cc1. The smallest absolute Gasteiger partial charge is 0.241 e. The van der Waals surface area contributed by atoms with Crippen LogP contribution in [-0.4, -0.2) is 33.0 Å². The lowest BCUT2D eigenvalue weighted by atomic mass is 10.1. The summed E-state index contributed by atoms with van der Waals surface area (Å²) in [5.41, 5.74) is 2.91. The molecule has 0 spiro atoms. The highest BCUT2D eigenvalue weighted by molar-refractivity contribution is 7.92. The molecule has 2 aromatic carbocycles. The van der Waals surface area contributed by atoms with E-state index in [0.29, 0.717) is 17.9 Å². The van der Waals surface area contributed by atoms with Crippen LogP contribution in [0.3, 0.4) is 0 Å². The molecule has 0 aliphatic heterocycles. The zero-order valence-electron chi connectivity index (χ0n) is 15.5. The summed E-state index contributed by atoms with van der Waals surface area (Å²) in [5, 5.41) is 5.34. The van der Waals surface area contributed by atoms with Gasteiger partial charge in [0.1, 0.15) is 6.54 Å². The minimum absolute atomic E-state index is 0.224. The number of hydrogen-bond acceptors (Lipinski definition) is 4. The van der Waals surface area contributed by atoms with Crippen LogP contribution < -0.4 is 14.9 Å². The Balaban J connectivity index is 2.08. The van der Waals surface area contributed by atoms with E-state index in [2.05, 4.69) is 10.6 Å². The van der Waals surface area contributed by atoms with Crippen LogP contribution in [0.4, 0.5) is 11.4 Å². The summed E-state index contributed by atoms with van der Waals surface area (Å²) in [4.78, 5) is 23.3. The van der Waals surface area contributed by atoms with Gasteiger partial charge >= 0.3 is 0 Å². The van der Waals surface area contributed by atoms with Gasteiger partial charge in [-0.2, -0.15) is 0 Å². The Morgan fingerprint density at radius 3 is 2.30 bits per heavy atom. The highest BCUT2D eigenvalue weighted by atomic mass is 32.2. The summed E-state index contributed by atoms with van der Waals surface area (Å²) in [7, 11) is -3.65. The maximum atomic E-state index is 12.3. The van der Waals surface area contributed by atoms with Crippen molar-refractivity contribution in [3.05, 3.63) is 59.7 Å². The van der Waals surface area contributed by atoms with Gasteiger partial charge in [-0.1, -0.05) is 29.8 Å². The average Bonchev–Trinajstić information content (AvgIpc) is 2.57. The quantitative estimate of drug-likeness (QED) is 0.757. The predicted molar refractivity (Wildman–Crippen MR) is 106 cm³/mol. The van der Waals surface area contributed by atoms with Crippen molar-refractivity contribution >= 4 is 33.2 Å². The molecule has 2 N–H and O–H groups in total. The van der Waals surface area contributed by atoms with Crippen LogP contribution in [0, 0.1) is 6.92 Å². The molecule has 0 saturated carbocycles. The van der Waals surface area contributed by atoms with Gasteiger partial charge in [0, 0.05) is 19.2 Å². The molecule has 7 nitrogen and oxygen atoms in total. The molecule has 0 heterocycles. The summed E-state index contributed by atoms with van der Waals surface area (Å²) in [6, 6.07) is 14.0. The summed E-state index contributed by atoms with van der Waals surface area (Å²) >= 11 is 0. The van der Waals surface area contributed by atoms with Crippen molar-refractivity contribution in [2.24, 2.45) is 0 Å². The van der Waals surface area contributed by atoms with E-state index >= 15 is 0 Å². The van der Waals surface area contributed by atoms with Gasteiger partial charge in [-0.05, 0) is 36.8 Å². The molecule has 144 valence electrons. The number of rotatable bonds is 7. The Morgan fingerprint density at radius 1 is 1.07 bits per heavy atom. The summed E-state index contributed by atoms with van der Waals surface area (Å²) in [6.45, 7) is 3.33. The summed E-state index contributed by atoms with van der Waals surface area (Å²) in [5.74, 6) is -0.633. The maximum Gasteiger partial charge on any atom is 0.241 e. The van der Waals surface area contributed by atoms with E-state index in [1.807, 2.05) is 31.2 Å². The molecule has 0 unspecified atom stereocenters. The van der Waals surface area contributed by atoms with E-state index in [1.165, 1.54) is 6.92 Å². The fourth-order valence-corrected chi connectivity index (χ4v) is 3.38. The Labute approximate surface area is 159 Å². The molecule has 0 fully saturated rings. The number of carbonyl (C=O) groups excluding carboxylic acids is 2. The predicted octanol–water partition coefficient (Wildman–Crippen LogP) is 2.04. The highest BCUT2D eigenvalue weighted by Crippen LogP contribution is 2.20. The van der Waals surface area contributed by atoms with E-state index in [9.17, 15) is 18.0 Å². The lowest BCUT2D eigenvalue weighted by Gasteiger charge is -2.22. The lowest BCUT2D eigenvalue weighted by Crippen LogP contribution is -2.40. The van der Waals surface area contributed by atoms with Crippen molar-refractivity contribution in [1.29, 1.82) is 0 Å². The number of amides is 2. The van der Waals surface area contributed by atoms with E-state index in [1.54, 1.807) is 24.3 Å². The number of benzene rings is 2. The minimum Gasteiger partial charge on any atom is -0.350 e. The maximum absolute atomic E-state index is 12.3. The molecule has 0 aromatic heterocycles. The zero-order chi connectivity index (χ0) is 20.0. The fourth-order valence-electron chi connectivity index (χ4n) is 2.52. The first-order chi connectivity index (χ1) is 12.6. The molecule has 27 heavy (non-hydrogen) atoms. The molecule has 0 saturated heterocycles. The number of aryl methyl sites for hydroxylation is 1. The standard InChI is InChI=1S/C19H23N3O4S/c1-14-5-4-6-16(11-14)12-20-19(24)13-22(27(3,25)26)18-9-7-17(8-10-18)21-15(2)23/h4-11H,12-13H2,1-3H3,(H,20,24)(H,21,23). The van der Waals surface area contributed by atoms with E-state index in [4.69, 9.17) is 0 Å². The minimum atomic E-state index is -3.65. The Bertz CT molecular complexity index is 924. The average molecular weight is 389 g/mol. The van der Waals surface area contributed by atoms with Crippen molar-refractivity contribution in [3.63, 3.8) is 0 Å². The molecule has 8 heteroatoms. The van der Waals surface area contributed by atoms with Crippen LogP contribution in [0.15, 0.2) is 48.5 Å². The van der Waals surface area contributed by atoms with Crippen LogP contribution in [0.25, 0.3) is 0 Å². The van der Waals surface area contributed by atoms with Crippen LogP contribution in [0.5, 0.6) is 0 Å². The van der Waals surface area contributed by atoms with Gasteiger partial charge in [0.2, 0.25) is 21.8 Å². The third-order valence-corrected chi connectivity index (χ3v) is 4.88. The first-order valence-electron chi connectivity index (χ1n) is 8.33. The Hall–Kier alpha value is -2.87. The van der Waals surface area contributed by atoms with Crippen molar-refractivity contribution in [3.8, 4) is 0 Å². The van der Waals surface area contributed by atoms with Gasteiger partial charge < -0.3 is 10.6 Å². The second kappa shape index (κ2) is 8.68. The number of nitrogens with zero attached hydrogens (tertiary/aromatic N) is 1. The van der Waals surface area contributed by atoms with Crippen molar-refractivity contribution in [2.45, 2.75) is 20.4 Å². The normalized spacial score (nSPS) is 10.9. The lowest BCUT2D eigenvalue weighted by molar-refractivity contribution is -0.119. The molecule has 2 rings (SSSR count). The Morgan fingerprint density at radius 2 is 1.74 bits per heavy atom. The topological polar surface area (TPSA) is 95.6 Å².